The van der Waals surface area contributed by atoms with Crippen LogP contribution in [0.3, 0.4) is 0 Å². The number of rotatable bonds is 3. The molecule has 0 unspecified atom stereocenters. The molecule has 0 bridgehead atoms. The van der Waals surface area contributed by atoms with Gasteiger partial charge in [0.05, 0.1) is 23.9 Å². The first-order valence-electron chi connectivity index (χ1n) is 8.45. The second-order valence-corrected chi connectivity index (χ2v) is 6.24. The van der Waals surface area contributed by atoms with Crippen molar-refractivity contribution >= 4 is 5.97 Å². The van der Waals surface area contributed by atoms with Gasteiger partial charge < -0.3 is 4.74 Å². The van der Waals surface area contributed by atoms with Crippen molar-refractivity contribution in [3.05, 3.63) is 77.5 Å². The number of hydrogen-bond acceptors (Lipinski definition) is 3. The molecule has 1 heterocycles. The van der Waals surface area contributed by atoms with Crippen LogP contribution in [0.15, 0.2) is 60.7 Å². The van der Waals surface area contributed by atoms with Gasteiger partial charge in [-0.1, -0.05) is 24.3 Å². The van der Waals surface area contributed by atoms with E-state index in [1.807, 2.05) is 0 Å². The van der Waals surface area contributed by atoms with Gasteiger partial charge in [-0.15, -0.1) is 0 Å². The standard InChI is InChI=1S/C21H13F6NO2/c1-30-19(29)17-9-8-16(12-4-2-6-14(10-12)20(22,23)24)18(28-17)13-5-3-7-15(11-13)21(25,26)27/h2-11H,1H3. The Bertz CT molecular complexity index is 1090. The van der Waals surface area contributed by atoms with Crippen molar-refractivity contribution in [2.75, 3.05) is 7.11 Å². The Morgan fingerprint density at radius 1 is 0.800 bits per heavy atom. The third-order valence-electron chi connectivity index (χ3n) is 4.25. The molecule has 30 heavy (non-hydrogen) atoms. The maximum Gasteiger partial charge on any atom is 0.416 e. The molecular formula is C21H13F6NO2. The third-order valence-corrected chi connectivity index (χ3v) is 4.25. The summed E-state index contributed by atoms with van der Waals surface area (Å²) in [6.45, 7) is 0. The van der Waals surface area contributed by atoms with Crippen molar-refractivity contribution in [2.45, 2.75) is 12.4 Å². The van der Waals surface area contributed by atoms with E-state index in [-0.39, 0.29) is 28.1 Å². The Morgan fingerprint density at radius 2 is 1.33 bits per heavy atom. The van der Waals surface area contributed by atoms with Crippen molar-refractivity contribution in [1.29, 1.82) is 0 Å². The number of carbonyl (C=O) groups is 1. The summed E-state index contributed by atoms with van der Waals surface area (Å²) >= 11 is 0. The van der Waals surface area contributed by atoms with Crippen LogP contribution in [-0.2, 0) is 17.1 Å². The molecule has 0 fully saturated rings. The van der Waals surface area contributed by atoms with Gasteiger partial charge in [0, 0.05) is 11.1 Å². The van der Waals surface area contributed by atoms with Crippen LogP contribution in [-0.4, -0.2) is 18.1 Å². The molecule has 0 spiro atoms. The van der Waals surface area contributed by atoms with Gasteiger partial charge in [-0.05, 0) is 42.0 Å². The average Bonchev–Trinajstić information content (AvgIpc) is 2.71. The molecule has 0 radical (unpaired) electrons. The SMILES string of the molecule is COC(=O)c1ccc(-c2cccc(C(F)(F)F)c2)c(-c2cccc(C(F)(F)F)c2)n1. The van der Waals surface area contributed by atoms with Crippen LogP contribution in [0.4, 0.5) is 26.3 Å². The number of halogens is 6. The van der Waals surface area contributed by atoms with Gasteiger partial charge >= 0.3 is 18.3 Å². The van der Waals surface area contributed by atoms with Crippen molar-refractivity contribution < 1.29 is 35.9 Å². The van der Waals surface area contributed by atoms with E-state index >= 15 is 0 Å². The van der Waals surface area contributed by atoms with Gasteiger partial charge in [0.1, 0.15) is 5.69 Å². The van der Waals surface area contributed by atoms with Crippen LogP contribution in [0.25, 0.3) is 22.4 Å². The Morgan fingerprint density at radius 3 is 1.87 bits per heavy atom. The van der Waals surface area contributed by atoms with Crippen molar-refractivity contribution in [3.63, 3.8) is 0 Å². The Balaban J connectivity index is 2.24. The number of alkyl halides is 6. The summed E-state index contributed by atoms with van der Waals surface area (Å²) in [5.74, 6) is -0.834. The Labute approximate surface area is 166 Å². The van der Waals surface area contributed by atoms with Crippen LogP contribution in [0.2, 0.25) is 0 Å². The number of esters is 1. The second-order valence-electron chi connectivity index (χ2n) is 6.24. The fraction of sp³-hybridized carbons (Fsp3) is 0.143. The molecule has 0 N–H and O–H groups in total. The number of nitrogens with zero attached hydrogens (tertiary/aromatic N) is 1. The highest BCUT2D eigenvalue weighted by molar-refractivity contribution is 5.90. The number of aromatic nitrogens is 1. The van der Waals surface area contributed by atoms with E-state index in [1.165, 1.54) is 30.3 Å². The van der Waals surface area contributed by atoms with Crippen LogP contribution in [0, 0.1) is 0 Å². The summed E-state index contributed by atoms with van der Waals surface area (Å²) in [4.78, 5) is 15.9. The molecule has 156 valence electrons. The zero-order valence-electron chi connectivity index (χ0n) is 15.3. The number of hydrogen-bond donors (Lipinski definition) is 0. The first-order chi connectivity index (χ1) is 14.0. The number of methoxy groups -OCH3 is 1. The summed E-state index contributed by atoms with van der Waals surface area (Å²) in [5, 5.41) is 0. The molecule has 3 aromatic rings. The van der Waals surface area contributed by atoms with E-state index in [0.29, 0.717) is 0 Å². The predicted octanol–water partition coefficient (Wildman–Crippen LogP) is 6.24. The number of ether oxygens (including phenoxy) is 1. The zero-order chi connectivity index (χ0) is 22.1. The van der Waals surface area contributed by atoms with Crippen LogP contribution >= 0.6 is 0 Å². The van der Waals surface area contributed by atoms with E-state index in [2.05, 4.69) is 9.72 Å². The van der Waals surface area contributed by atoms with Crippen molar-refractivity contribution in [1.82, 2.24) is 4.98 Å². The number of pyridine rings is 1. The van der Waals surface area contributed by atoms with Gasteiger partial charge in [0.25, 0.3) is 0 Å². The molecule has 3 rings (SSSR count). The molecule has 9 heteroatoms. The summed E-state index contributed by atoms with van der Waals surface area (Å²) in [5.41, 5.74) is -1.95. The molecule has 0 atom stereocenters. The molecule has 0 aliphatic rings. The molecule has 0 saturated carbocycles. The first kappa shape index (κ1) is 21.4. The Hall–Kier alpha value is -3.36. The topological polar surface area (TPSA) is 39.2 Å². The molecule has 3 nitrogen and oxygen atoms in total. The lowest BCUT2D eigenvalue weighted by molar-refractivity contribution is -0.138. The maximum absolute atomic E-state index is 13.1. The van der Waals surface area contributed by atoms with Crippen LogP contribution in [0.1, 0.15) is 21.6 Å². The minimum absolute atomic E-state index is 0.0111. The average molecular weight is 425 g/mol. The van der Waals surface area contributed by atoms with Gasteiger partial charge in [-0.25, -0.2) is 9.78 Å². The molecule has 2 aromatic carbocycles. The van der Waals surface area contributed by atoms with E-state index in [0.717, 1.165) is 37.4 Å². The largest absolute Gasteiger partial charge is 0.464 e. The highest BCUT2D eigenvalue weighted by atomic mass is 19.4. The van der Waals surface area contributed by atoms with Gasteiger partial charge in [0.15, 0.2) is 0 Å². The van der Waals surface area contributed by atoms with E-state index in [9.17, 15) is 31.1 Å². The number of carbonyl (C=O) groups excluding carboxylic acids is 1. The first-order valence-corrected chi connectivity index (χ1v) is 8.45. The normalized spacial score (nSPS) is 12.0. The van der Waals surface area contributed by atoms with Gasteiger partial charge in [-0.3, -0.25) is 0 Å². The second kappa shape index (κ2) is 7.81. The highest BCUT2D eigenvalue weighted by Gasteiger charge is 2.32. The fourth-order valence-electron chi connectivity index (χ4n) is 2.84. The lowest BCUT2D eigenvalue weighted by Crippen LogP contribution is -2.08. The minimum Gasteiger partial charge on any atom is -0.464 e. The van der Waals surface area contributed by atoms with E-state index in [1.54, 1.807) is 0 Å². The molecule has 0 aliphatic heterocycles. The quantitative estimate of drug-likeness (QED) is 0.368. The van der Waals surface area contributed by atoms with Crippen LogP contribution in [0.5, 0.6) is 0 Å². The highest BCUT2D eigenvalue weighted by Crippen LogP contribution is 2.37. The lowest BCUT2D eigenvalue weighted by atomic mass is 9.96. The minimum atomic E-state index is -4.63. The van der Waals surface area contributed by atoms with Crippen molar-refractivity contribution in [3.8, 4) is 22.4 Å². The number of benzene rings is 2. The van der Waals surface area contributed by atoms with E-state index < -0.39 is 29.4 Å². The monoisotopic (exact) mass is 425 g/mol. The predicted molar refractivity (Wildman–Crippen MR) is 96.5 cm³/mol. The smallest absolute Gasteiger partial charge is 0.416 e. The molecule has 1 aromatic heterocycles. The van der Waals surface area contributed by atoms with E-state index in [4.69, 9.17) is 0 Å². The summed E-state index contributed by atoms with van der Waals surface area (Å²) in [7, 11) is 1.11. The van der Waals surface area contributed by atoms with Gasteiger partial charge in [0.2, 0.25) is 0 Å². The maximum atomic E-state index is 13.1. The lowest BCUT2D eigenvalue weighted by Gasteiger charge is -2.14. The van der Waals surface area contributed by atoms with Gasteiger partial charge in [-0.2, -0.15) is 26.3 Å². The summed E-state index contributed by atoms with van der Waals surface area (Å²) in [6.07, 6.45) is -9.24. The Kier molecular flexibility index (Phi) is 5.56. The summed E-state index contributed by atoms with van der Waals surface area (Å²) in [6, 6.07) is 11.0. The molecule has 0 saturated heterocycles. The third kappa shape index (κ3) is 4.45. The molecule has 0 aliphatic carbocycles. The fourth-order valence-corrected chi connectivity index (χ4v) is 2.84. The van der Waals surface area contributed by atoms with Crippen molar-refractivity contribution in [2.24, 2.45) is 0 Å². The molecular weight excluding hydrogens is 412 g/mol. The molecule has 0 amide bonds. The van der Waals surface area contributed by atoms with Crippen LogP contribution < -0.4 is 0 Å². The summed E-state index contributed by atoms with van der Waals surface area (Å²) < 4.78 is 83.3. The zero-order valence-corrected chi connectivity index (χ0v) is 15.3.